The summed E-state index contributed by atoms with van der Waals surface area (Å²) in [5.74, 6) is 0.607. The van der Waals surface area contributed by atoms with Gasteiger partial charge in [0.2, 0.25) is 0 Å². The van der Waals surface area contributed by atoms with Crippen molar-refractivity contribution in [2.45, 2.75) is 32.9 Å². The molecule has 0 bridgehead atoms. The minimum atomic E-state index is 0.421. The van der Waals surface area contributed by atoms with Gasteiger partial charge in [0, 0.05) is 21.8 Å². The minimum Gasteiger partial charge on any atom is -0.302 e. The molecule has 0 aliphatic carbocycles. The molecular weight excluding hydrogens is 246 g/mol. The predicted molar refractivity (Wildman–Crippen MR) is 77.8 cm³/mol. The van der Waals surface area contributed by atoms with Crippen LogP contribution in [0.25, 0.3) is 0 Å². The van der Waals surface area contributed by atoms with Gasteiger partial charge >= 0.3 is 0 Å². The Bertz CT molecular complexity index is 417. The molecule has 92 valence electrons. The lowest BCUT2D eigenvalue weighted by molar-refractivity contribution is 0.382. The smallest absolute Gasteiger partial charge is 0.0443 e. The van der Waals surface area contributed by atoms with E-state index in [0.29, 0.717) is 18.0 Å². The highest BCUT2D eigenvalue weighted by atomic mass is 32.1. The zero-order chi connectivity index (χ0) is 12.3. The molecule has 1 N–H and O–H groups in total. The first-order valence-corrected chi connectivity index (χ1v) is 7.77. The van der Waals surface area contributed by atoms with Crippen LogP contribution in [0.4, 0.5) is 0 Å². The number of nitrogens with one attached hydrogen (secondary N) is 1. The van der Waals surface area contributed by atoms with E-state index in [4.69, 9.17) is 0 Å². The summed E-state index contributed by atoms with van der Waals surface area (Å²) in [5, 5.41) is 8.04. The second-order valence-corrected chi connectivity index (χ2v) is 6.60. The van der Waals surface area contributed by atoms with Crippen LogP contribution in [-0.2, 0) is 0 Å². The average molecular weight is 265 g/mol. The molecule has 2 aromatic rings. The molecule has 2 rings (SSSR count). The Kier molecular flexibility index (Phi) is 4.37. The van der Waals surface area contributed by atoms with E-state index >= 15 is 0 Å². The lowest BCUT2D eigenvalue weighted by atomic mass is 10.0. The first kappa shape index (κ1) is 12.8. The molecule has 0 amide bonds. The maximum Gasteiger partial charge on any atom is 0.0443 e. The summed E-state index contributed by atoms with van der Waals surface area (Å²) in [7, 11) is 0. The minimum absolute atomic E-state index is 0.421. The van der Waals surface area contributed by atoms with E-state index in [-0.39, 0.29) is 0 Å². The highest BCUT2D eigenvalue weighted by Crippen LogP contribution is 2.29. The van der Waals surface area contributed by atoms with Gasteiger partial charge in [-0.3, -0.25) is 0 Å². The van der Waals surface area contributed by atoms with Crippen LogP contribution in [0.15, 0.2) is 35.0 Å². The van der Waals surface area contributed by atoms with Crippen LogP contribution >= 0.6 is 22.7 Å². The third-order valence-electron chi connectivity index (χ3n) is 2.92. The van der Waals surface area contributed by atoms with Gasteiger partial charge in [-0.05, 0) is 35.7 Å². The van der Waals surface area contributed by atoms with Crippen molar-refractivity contribution in [2.24, 2.45) is 5.92 Å². The maximum absolute atomic E-state index is 3.74. The fraction of sp³-hybridized carbons (Fsp3) is 0.429. The van der Waals surface area contributed by atoms with Crippen molar-refractivity contribution in [3.63, 3.8) is 0 Å². The normalized spacial score (nSPS) is 15.1. The summed E-state index contributed by atoms with van der Waals surface area (Å²) in [5.41, 5.74) is 0. The van der Waals surface area contributed by atoms with Crippen LogP contribution in [0, 0.1) is 5.92 Å². The fourth-order valence-electron chi connectivity index (χ4n) is 1.96. The van der Waals surface area contributed by atoms with E-state index in [2.05, 4.69) is 61.1 Å². The van der Waals surface area contributed by atoms with E-state index < -0.39 is 0 Å². The molecule has 1 unspecified atom stereocenters. The quantitative estimate of drug-likeness (QED) is 0.814. The van der Waals surface area contributed by atoms with E-state index in [1.807, 2.05) is 22.7 Å². The molecule has 0 aliphatic rings. The van der Waals surface area contributed by atoms with Crippen LogP contribution in [-0.4, -0.2) is 0 Å². The van der Waals surface area contributed by atoms with Gasteiger partial charge in [0.15, 0.2) is 0 Å². The van der Waals surface area contributed by atoms with Crippen molar-refractivity contribution in [1.29, 1.82) is 0 Å². The second kappa shape index (κ2) is 5.80. The van der Waals surface area contributed by atoms with Gasteiger partial charge < -0.3 is 5.32 Å². The van der Waals surface area contributed by atoms with Crippen LogP contribution in [0.5, 0.6) is 0 Å². The van der Waals surface area contributed by atoms with E-state index in [1.165, 1.54) is 9.75 Å². The largest absolute Gasteiger partial charge is 0.302 e. The van der Waals surface area contributed by atoms with Crippen molar-refractivity contribution < 1.29 is 0 Å². The SMILES string of the molecule is CC(C)C(N[C@@H](C)c1cccs1)c1cccs1. The van der Waals surface area contributed by atoms with Crippen LogP contribution < -0.4 is 5.32 Å². The Hall–Kier alpha value is -0.640. The van der Waals surface area contributed by atoms with E-state index in [0.717, 1.165) is 0 Å². The van der Waals surface area contributed by atoms with Gasteiger partial charge in [-0.1, -0.05) is 26.0 Å². The summed E-state index contributed by atoms with van der Waals surface area (Å²) >= 11 is 3.66. The molecule has 3 heteroatoms. The zero-order valence-electron chi connectivity index (χ0n) is 10.5. The summed E-state index contributed by atoms with van der Waals surface area (Å²) in [4.78, 5) is 2.84. The molecule has 0 spiro atoms. The van der Waals surface area contributed by atoms with Crippen LogP contribution in [0.1, 0.15) is 42.6 Å². The topological polar surface area (TPSA) is 12.0 Å². The standard InChI is InChI=1S/C14H19NS2/c1-10(2)14(13-7-5-9-17-13)15-11(3)12-6-4-8-16-12/h4-11,14-15H,1-3H3/t11-,14?/m0/s1. The summed E-state index contributed by atoms with van der Waals surface area (Å²) in [6.07, 6.45) is 0. The molecule has 1 nitrogen and oxygen atoms in total. The number of rotatable bonds is 5. The molecule has 2 heterocycles. The van der Waals surface area contributed by atoms with Crippen LogP contribution in [0.3, 0.4) is 0 Å². The van der Waals surface area contributed by atoms with Gasteiger partial charge in [0.25, 0.3) is 0 Å². The number of hydrogen-bond donors (Lipinski definition) is 1. The zero-order valence-corrected chi connectivity index (χ0v) is 12.1. The fourth-order valence-corrected chi connectivity index (χ4v) is 3.66. The van der Waals surface area contributed by atoms with Crippen molar-refractivity contribution >= 4 is 22.7 Å². The molecular formula is C14H19NS2. The van der Waals surface area contributed by atoms with Crippen molar-refractivity contribution in [3.05, 3.63) is 44.8 Å². The Balaban J connectivity index is 2.09. The molecule has 0 saturated carbocycles. The van der Waals surface area contributed by atoms with Gasteiger partial charge in [-0.15, -0.1) is 22.7 Å². The first-order valence-electron chi connectivity index (χ1n) is 6.01. The highest BCUT2D eigenvalue weighted by molar-refractivity contribution is 7.10. The molecule has 0 aromatic carbocycles. The van der Waals surface area contributed by atoms with Gasteiger partial charge in [0.05, 0.1) is 0 Å². The Morgan fingerprint density at radius 1 is 0.941 bits per heavy atom. The van der Waals surface area contributed by atoms with Gasteiger partial charge in [-0.25, -0.2) is 0 Å². The lowest BCUT2D eigenvalue weighted by Gasteiger charge is -2.25. The van der Waals surface area contributed by atoms with E-state index in [1.54, 1.807) is 0 Å². The first-order chi connectivity index (χ1) is 8.18. The van der Waals surface area contributed by atoms with E-state index in [9.17, 15) is 0 Å². The summed E-state index contributed by atoms with van der Waals surface area (Å²) in [6.45, 7) is 6.80. The molecule has 0 saturated heterocycles. The Labute approximate surface area is 112 Å². The number of thiophene rings is 2. The van der Waals surface area contributed by atoms with Gasteiger partial charge in [-0.2, -0.15) is 0 Å². The third kappa shape index (κ3) is 3.18. The Morgan fingerprint density at radius 2 is 1.53 bits per heavy atom. The third-order valence-corrected chi connectivity index (χ3v) is 4.93. The monoisotopic (exact) mass is 265 g/mol. The maximum atomic E-state index is 3.74. The average Bonchev–Trinajstić information content (AvgIpc) is 2.97. The lowest BCUT2D eigenvalue weighted by Crippen LogP contribution is -2.27. The molecule has 0 aliphatic heterocycles. The van der Waals surface area contributed by atoms with Crippen molar-refractivity contribution in [2.75, 3.05) is 0 Å². The summed E-state index contributed by atoms with van der Waals surface area (Å²) in [6, 6.07) is 9.55. The molecule has 17 heavy (non-hydrogen) atoms. The molecule has 2 aromatic heterocycles. The highest BCUT2D eigenvalue weighted by Gasteiger charge is 2.19. The molecule has 2 atom stereocenters. The Morgan fingerprint density at radius 3 is 2.00 bits per heavy atom. The predicted octanol–water partition coefficient (Wildman–Crippen LogP) is 4.86. The second-order valence-electron chi connectivity index (χ2n) is 4.64. The summed E-state index contributed by atoms with van der Waals surface area (Å²) < 4.78 is 0. The number of hydrogen-bond acceptors (Lipinski definition) is 3. The van der Waals surface area contributed by atoms with Crippen LogP contribution in [0.2, 0.25) is 0 Å². The molecule has 0 fully saturated rings. The van der Waals surface area contributed by atoms with Crippen molar-refractivity contribution in [3.8, 4) is 0 Å². The molecule has 0 radical (unpaired) electrons. The van der Waals surface area contributed by atoms with Crippen molar-refractivity contribution in [1.82, 2.24) is 5.32 Å². The van der Waals surface area contributed by atoms with Gasteiger partial charge in [0.1, 0.15) is 0 Å².